The molecule has 2 aromatic rings. The van der Waals surface area contributed by atoms with E-state index in [-0.39, 0.29) is 17.9 Å². The van der Waals surface area contributed by atoms with Crippen LogP contribution in [0, 0.1) is 5.41 Å². The summed E-state index contributed by atoms with van der Waals surface area (Å²) < 4.78 is 11.7. The normalized spacial score (nSPS) is 14.5. The van der Waals surface area contributed by atoms with Crippen LogP contribution in [0.15, 0.2) is 48.5 Å². The number of hydrogen-bond donors (Lipinski definition) is 1. The molecule has 2 aromatic carbocycles. The Morgan fingerprint density at radius 3 is 2.00 bits per heavy atom. The number of carbonyl (C=O) groups excluding carboxylic acids is 1. The lowest BCUT2D eigenvalue weighted by atomic mass is 9.87. The molecular weight excluding hydrogens is 410 g/mol. The van der Waals surface area contributed by atoms with Gasteiger partial charge >= 0.3 is 6.09 Å². The van der Waals surface area contributed by atoms with Crippen LogP contribution in [-0.2, 0) is 9.16 Å². The first-order valence-corrected chi connectivity index (χ1v) is 14.1. The minimum Gasteiger partial charge on any atom is -0.538 e. The van der Waals surface area contributed by atoms with Crippen LogP contribution in [0.1, 0.15) is 37.8 Å². The third-order valence-electron chi connectivity index (χ3n) is 5.11. The lowest BCUT2D eigenvalue weighted by molar-refractivity contribution is 0.134. The maximum absolute atomic E-state index is 12.7. The standard InChI is InChI=1S/C24H31NO3SSi/c1-24(2,3)21(22(29)28-30(4,5)6)25-23(26)27-15-20-18-13-9-7-11-16(18)17-12-8-10-14-19(17)20/h7-14,20-21H,15H2,1-6H3,(H,25,26). The molecule has 1 aliphatic rings. The molecule has 0 radical (unpaired) electrons. The Kier molecular flexibility index (Phi) is 6.39. The highest BCUT2D eigenvalue weighted by atomic mass is 32.1. The highest BCUT2D eigenvalue weighted by molar-refractivity contribution is 7.80. The number of nitrogens with one attached hydrogen (secondary N) is 1. The minimum atomic E-state index is -1.87. The quantitative estimate of drug-likeness (QED) is 0.449. The Balaban J connectivity index is 1.71. The highest BCUT2D eigenvalue weighted by Gasteiger charge is 2.35. The van der Waals surface area contributed by atoms with E-state index in [1.807, 2.05) is 45.0 Å². The summed E-state index contributed by atoms with van der Waals surface area (Å²) in [4.78, 5) is 12.7. The van der Waals surface area contributed by atoms with Gasteiger partial charge in [-0.05, 0) is 59.5 Å². The summed E-state index contributed by atoms with van der Waals surface area (Å²) in [7, 11) is -1.87. The monoisotopic (exact) mass is 441 g/mol. The van der Waals surface area contributed by atoms with E-state index in [4.69, 9.17) is 21.4 Å². The third kappa shape index (κ3) is 5.10. The van der Waals surface area contributed by atoms with Crippen molar-refractivity contribution in [2.45, 2.75) is 52.4 Å². The van der Waals surface area contributed by atoms with Crippen LogP contribution in [0.3, 0.4) is 0 Å². The number of hydrogen-bond acceptors (Lipinski definition) is 4. The molecule has 30 heavy (non-hydrogen) atoms. The van der Waals surface area contributed by atoms with Crippen molar-refractivity contribution in [3.05, 3.63) is 59.7 Å². The van der Waals surface area contributed by atoms with Crippen LogP contribution in [0.5, 0.6) is 0 Å². The van der Waals surface area contributed by atoms with E-state index in [9.17, 15) is 4.79 Å². The molecule has 0 saturated heterocycles. The van der Waals surface area contributed by atoms with Gasteiger partial charge in [-0.3, -0.25) is 0 Å². The molecule has 1 unspecified atom stereocenters. The van der Waals surface area contributed by atoms with Crippen molar-refractivity contribution in [1.82, 2.24) is 5.32 Å². The van der Waals surface area contributed by atoms with Gasteiger partial charge in [-0.15, -0.1) is 0 Å². The first-order valence-electron chi connectivity index (χ1n) is 10.3. The van der Waals surface area contributed by atoms with E-state index >= 15 is 0 Å². The molecule has 0 aromatic heterocycles. The molecule has 1 atom stereocenters. The van der Waals surface area contributed by atoms with Gasteiger partial charge in [0.15, 0.2) is 5.05 Å². The number of benzene rings is 2. The molecule has 0 aliphatic heterocycles. The van der Waals surface area contributed by atoms with E-state index < -0.39 is 20.5 Å². The van der Waals surface area contributed by atoms with Gasteiger partial charge in [0.25, 0.3) is 0 Å². The molecule has 1 aliphatic carbocycles. The Hall–Kier alpha value is -2.18. The Morgan fingerprint density at radius 2 is 1.53 bits per heavy atom. The van der Waals surface area contributed by atoms with Gasteiger partial charge in [0, 0.05) is 5.92 Å². The van der Waals surface area contributed by atoms with Crippen molar-refractivity contribution in [3.63, 3.8) is 0 Å². The molecule has 4 nitrogen and oxygen atoms in total. The predicted octanol–water partition coefficient (Wildman–Crippen LogP) is 6.12. The van der Waals surface area contributed by atoms with Crippen LogP contribution in [0.2, 0.25) is 19.6 Å². The van der Waals surface area contributed by atoms with Crippen molar-refractivity contribution in [2.24, 2.45) is 5.41 Å². The average Bonchev–Trinajstić information content (AvgIpc) is 2.96. The highest BCUT2D eigenvalue weighted by Crippen LogP contribution is 2.44. The Labute approximate surface area is 186 Å². The van der Waals surface area contributed by atoms with Crippen LogP contribution in [0.25, 0.3) is 11.1 Å². The zero-order valence-corrected chi connectivity index (χ0v) is 20.4. The first-order chi connectivity index (χ1) is 14.0. The van der Waals surface area contributed by atoms with Gasteiger partial charge in [-0.1, -0.05) is 69.3 Å². The zero-order valence-electron chi connectivity index (χ0n) is 18.6. The van der Waals surface area contributed by atoms with E-state index in [0.717, 1.165) is 0 Å². The first kappa shape index (κ1) is 22.5. The molecule has 0 bridgehead atoms. The molecular formula is C24H31NO3SSi. The number of ether oxygens (including phenoxy) is 1. The smallest absolute Gasteiger partial charge is 0.407 e. The summed E-state index contributed by atoms with van der Waals surface area (Å²) in [6, 6.07) is 16.2. The molecule has 0 saturated carbocycles. The van der Waals surface area contributed by atoms with Crippen molar-refractivity contribution < 1.29 is 14.0 Å². The van der Waals surface area contributed by atoms with E-state index in [1.54, 1.807) is 0 Å². The summed E-state index contributed by atoms with van der Waals surface area (Å²) in [5.41, 5.74) is 4.51. The molecule has 3 rings (SSSR count). The molecule has 160 valence electrons. The largest absolute Gasteiger partial charge is 0.538 e. The summed E-state index contributed by atoms with van der Waals surface area (Å²) in [6.45, 7) is 12.6. The number of fused-ring (bicyclic) bond motifs is 3. The molecule has 0 heterocycles. The van der Waals surface area contributed by atoms with E-state index in [1.165, 1.54) is 22.3 Å². The SMILES string of the molecule is CC(C)(C)C(NC(=O)OCC1c2ccccc2-c2ccccc21)C(=S)O[Si](C)(C)C. The third-order valence-corrected chi connectivity index (χ3v) is 6.41. The number of carbonyl (C=O) groups is 1. The van der Waals surface area contributed by atoms with Crippen molar-refractivity contribution in [3.8, 4) is 11.1 Å². The number of thiocarbonyl (C=S) groups is 1. The molecule has 0 spiro atoms. The van der Waals surface area contributed by atoms with Crippen LogP contribution in [0.4, 0.5) is 4.79 Å². The number of rotatable bonds is 5. The number of amides is 1. The average molecular weight is 442 g/mol. The van der Waals surface area contributed by atoms with Crippen molar-refractivity contribution in [1.29, 1.82) is 0 Å². The maximum Gasteiger partial charge on any atom is 0.407 e. The fourth-order valence-corrected chi connectivity index (χ4v) is 5.63. The molecule has 1 N–H and O–H groups in total. The summed E-state index contributed by atoms with van der Waals surface area (Å²) in [5.74, 6) is 0.0291. The van der Waals surface area contributed by atoms with E-state index in [0.29, 0.717) is 5.05 Å². The molecule has 1 amide bonds. The Morgan fingerprint density at radius 1 is 1.03 bits per heavy atom. The lowest BCUT2D eigenvalue weighted by Crippen LogP contribution is -2.51. The van der Waals surface area contributed by atoms with Crippen LogP contribution < -0.4 is 5.32 Å². The van der Waals surface area contributed by atoms with Crippen molar-refractivity contribution >= 4 is 31.7 Å². The summed E-state index contributed by atoms with van der Waals surface area (Å²) in [6.07, 6.45) is -0.474. The fourth-order valence-electron chi connectivity index (χ4n) is 3.75. The summed E-state index contributed by atoms with van der Waals surface area (Å²) >= 11 is 5.53. The second kappa shape index (κ2) is 8.51. The van der Waals surface area contributed by atoms with E-state index in [2.05, 4.69) is 49.2 Å². The van der Waals surface area contributed by atoms with Gasteiger partial charge in [0.2, 0.25) is 8.32 Å². The Bertz CT molecular complexity index is 900. The second-order valence-corrected chi connectivity index (χ2v) is 14.6. The zero-order chi connectivity index (χ0) is 22.1. The minimum absolute atomic E-state index is 0.0291. The van der Waals surface area contributed by atoms with Gasteiger partial charge < -0.3 is 14.5 Å². The number of alkyl carbamates (subject to hydrolysis) is 1. The van der Waals surface area contributed by atoms with Gasteiger partial charge in [0.05, 0.1) is 0 Å². The fraction of sp³-hybridized carbons (Fsp3) is 0.417. The van der Waals surface area contributed by atoms with Gasteiger partial charge in [-0.2, -0.15) is 0 Å². The van der Waals surface area contributed by atoms with Gasteiger partial charge in [-0.25, -0.2) is 4.79 Å². The van der Waals surface area contributed by atoms with Gasteiger partial charge in [0.1, 0.15) is 12.6 Å². The second-order valence-electron chi connectivity index (χ2n) is 9.80. The molecule has 6 heteroatoms. The van der Waals surface area contributed by atoms with Crippen molar-refractivity contribution in [2.75, 3.05) is 6.61 Å². The topological polar surface area (TPSA) is 47.6 Å². The van der Waals surface area contributed by atoms with Crippen LogP contribution >= 0.6 is 12.2 Å². The van der Waals surface area contributed by atoms with Crippen LogP contribution in [-0.4, -0.2) is 32.1 Å². The predicted molar refractivity (Wildman–Crippen MR) is 128 cm³/mol. The maximum atomic E-state index is 12.7. The molecule has 0 fully saturated rings. The lowest BCUT2D eigenvalue weighted by Gasteiger charge is -2.34. The summed E-state index contributed by atoms with van der Waals surface area (Å²) in [5, 5.41) is 3.37.